The Labute approximate surface area is 134 Å². The third-order valence-electron chi connectivity index (χ3n) is 3.71. The van der Waals surface area contributed by atoms with Gasteiger partial charge < -0.3 is 16.0 Å². The molecule has 0 unspecified atom stereocenters. The number of nitrogens with two attached hydrogens (primary N) is 1. The zero-order valence-corrected chi connectivity index (χ0v) is 13.1. The first-order chi connectivity index (χ1) is 11.2. The summed E-state index contributed by atoms with van der Waals surface area (Å²) in [5.41, 5.74) is 9.95. The molecule has 0 radical (unpaired) electrons. The zero-order valence-electron chi connectivity index (χ0n) is 13.1. The van der Waals surface area contributed by atoms with Gasteiger partial charge in [-0.3, -0.25) is 4.79 Å². The number of nitrogens with one attached hydrogen (secondary N) is 2. The third kappa shape index (κ3) is 3.51. The molecule has 0 aliphatic rings. The molecule has 5 heteroatoms. The van der Waals surface area contributed by atoms with E-state index in [-0.39, 0.29) is 5.91 Å². The van der Waals surface area contributed by atoms with Crippen LogP contribution in [-0.2, 0) is 4.79 Å². The van der Waals surface area contributed by atoms with E-state index in [1.807, 2.05) is 42.5 Å². The molecular weight excluding hydrogens is 288 g/mol. The number of nitrogens with zero attached hydrogens (tertiary/aromatic N) is 1. The summed E-state index contributed by atoms with van der Waals surface area (Å²) in [4.78, 5) is 19.7. The van der Waals surface area contributed by atoms with Crippen molar-refractivity contribution in [2.75, 3.05) is 11.1 Å². The molecule has 1 aromatic heterocycles. The Bertz CT molecular complexity index is 821. The number of benzene rings is 2. The van der Waals surface area contributed by atoms with Crippen molar-refractivity contribution in [2.24, 2.45) is 0 Å². The molecule has 0 aliphatic heterocycles. The number of unbranched alkanes of at least 4 members (excludes halogenated alkanes) is 1. The van der Waals surface area contributed by atoms with Crippen LogP contribution in [-0.4, -0.2) is 15.9 Å². The van der Waals surface area contributed by atoms with Gasteiger partial charge >= 0.3 is 0 Å². The van der Waals surface area contributed by atoms with E-state index in [9.17, 15) is 4.79 Å². The fourth-order valence-electron chi connectivity index (χ4n) is 2.43. The number of H-pyrrole nitrogens is 1. The highest BCUT2D eigenvalue weighted by atomic mass is 16.1. The molecule has 4 N–H and O–H groups in total. The minimum absolute atomic E-state index is 0.0458. The molecule has 0 bridgehead atoms. The van der Waals surface area contributed by atoms with Crippen LogP contribution in [0, 0.1) is 0 Å². The number of aromatic nitrogens is 2. The molecule has 0 spiro atoms. The number of nitrogen functional groups attached to an aromatic ring is 1. The molecule has 118 valence electrons. The molecule has 3 rings (SSSR count). The number of hydrogen-bond acceptors (Lipinski definition) is 3. The van der Waals surface area contributed by atoms with Crippen LogP contribution in [0.5, 0.6) is 0 Å². The van der Waals surface area contributed by atoms with Gasteiger partial charge in [-0.2, -0.15) is 0 Å². The minimum atomic E-state index is 0.0458. The van der Waals surface area contributed by atoms with Gasteiger partial charge in [0.05, 0.1) is 11.0 Å². The fraction of sp³-hybridized carbons (Fsp3) is 0.222. The van der Waals surface area contributed by atoms with Crippen LogP contribution in [0.1, 0.15) is 26.2 Å². The Balaban J connectivity index is 1.83. The van der Waals surface area contributed by atoms with Crippen molar-refractivity contribution in [3.63, 3.8) is 0 Å². The topological polar surface area (TPSA) is 83.8 Å². The van der Waals surface area contributed by atoms with Crippen LogP contribution in [0.15, 0.2) is 42.5 Å². The molecule has 0 saturated heterocycles. The first-order valence-electron chi connectivity index (χ1n) is 7.81. The highest BCUT2D eigenvalue weighted by molar-refractivity contribution is 5.93. The standard InChI is InChI=1S/C18H20N4O/c1-2-3-4-17(23)20-14-9-10-15-16(11-14)22-18(21-15)12-5-7-13(19)8-6-12/h5-11H,2-4,19H2,1H3,(H,20,23)(H,21,22). The number of anilines is 2. The van der Waals surface area contributed by atoms with Crippen molar-refractivity contribution >= 4 is 28.3 Å². The molecule has 1 amide bonds. The number of hydrogen-bond donors (Lipinski definition) is 3. The number of rotatable bonds is 5. The van der Waals surface area contributed by atoms with Crippen LogP contribution in [0.2, 0.25) is 0 Å². The van der Waals surface area contributed by atoms with Crippen molar-refractivity contribution in [3.8, 4) is 11.4 Å². The summed E-state index contributed by atoms with van der Waals surface area (Å²) in [7, 11) is 0. The summed E-state index contributed by atoms with van der Waals surface area (Å²) >= 11 is 0. The largest absolute Gasteiger partial charge is 0.399 e. The molecule has 0 fully saturated rings. The lowest BCUT2D eigenvalue weighted by atomic mass is 10.2. The molecule has 1 heterocycles. The zero-order chi connectivity index (χ0) is 16.2. The molecule has 5 nitrogen and oxygen atoms in total. The maximum atomic E-state index is 11.8. The van der Waals surface area contributed by atoms with E-state index in [4.69, 9.17) is 5.73 Å². The average Bonchev–Trinajstić information content (AvgIpc) is 2.96. The van der Waals surface area contributed by atoms with Gasteiger partial charge in [-0.15, -0.1) is 0 Å². The molecule has 3 aromatic rings. The number of aromatic amines is 1. The van der Waals surface area contributed by atoms with E-state index in [0.717, 1.165) is 46.6 Å². The molecular formula is C18H20N4O. The molecule has 0 saturated carbocycles. The van der Waals surface area contributed by atoms with Crippen molar-refractivity contribution < 1.29 is 4.79 Å². The van der Waals surface area contributed by atoms with Crippen molar-refractivity contribution in [2.45, 2.75) is 26.2 Å². The normalized spacial score (nSPS) is 10.8. The molecule has 0 atom stereocenters. The Morgan fingerprint density at radius 1 is 1.22 bits per heavy atom. The van der Waals surface area contributed by atoms with E-state index in [1.165, 1.54) is 0 Å². The van der Waals surface area contributed by atoms with E-state index in [1.54, 1.807) is 0 Å². The van der Waals surface area contributed by atoms with E-state index in [0.29, 0.717) is 6.42 Å². The highest BCUT2D eigenvalue weighted by Gasteiger charge is 2.07. The second-order valence-electron chi connectivity index (χ2n) is 5.59. The number of fused-ring (bicyclic) bond motifs is 1. The summed E-state index contributed by atoms with van der Waals surface area (Å²) in [6, 6.07) is 13.2. The number of amides is 1. The lowest BCUT2D eigenvalue weighted by Crippen LogP contribution is -2.10. The first-order valence-corrected chi connectivity index (χ1v) is 7.81. The summed E-state index contributed by atoms with van der Waals surface area (Å²) in [6.07, 6.45) is 2.46. The average molecular weight is 308 g/mol. The molecule has 2 aromatic carbocycles. The second kappa shape index (κ2) is 6.52. The van der Waals surface area contributed by atoms with Crippen molar-refractivity contribution in [1.82, 2.24) is 9.97 Å². The van der Waals surface area contributed by atoms with Crippen LogP contribution in [0.4, 0.5) is 11.4 Å². The van der Waals surface area contributed by atoms with E-state index >= 15 is 0 Å². The monoisotopic (exact) mass is 308 g/mol. The lowest BCUT2D eigenvalue weighted by Gasteiger charge is -2.04. The Morgan fingerprint density at radius 3 is 2.74 bits per heavy atom. The number of imidazole rings is 1. The van der Waals surface area contributed by atoms with Gasteiger partial charge in [-0.1, -0.05) is 13.3 Å². The van der Waals surface area contributed by atoms with Gasteiger partial charge in [0.2, 0.25) is 5.91 Å². The van der Waals surface area contributed by atoms with Gasteiger partial charge in [-0.05, 0) is 48.9 Å². The number of carbonyl (C=O) groups is 1. The molecule has 23 heavy (non-hydrogen) atoms. The SMILES string of the molecule is CCCCC(=O)Nc1ccc2nc(-c3ccc(N)cc3)[nH]c2c1. The van der Waals surface area contributed by atoms with Crippen LogP contribution in [0.3, 0.4) is 0 Å². The van der Waals surface area contributed by atoms with E-state index in [2.05, 4.69) is 22.2 Å². The summed E-state index contributed by atoms with van der Waals surface area (Å²) in [5, 5.41) is 2.92. The smallest absolute Gasteiger partial charge is 0.224 e. The van der Waals surface area contributed by atoms with Crippen molar-refractivity contribution in [3.05, 3.63) is 42.5 Å². The first kappa shape index (κ1) is 15.1. The minimum Gasteiger partial charge on any atom is -0.399 e. The predicted molar refractivity (Wildman–Crippen MR) is 94.1 cm³/mol. The van der Waals surface area contributed by atoms with Crippen LogP contribution >= 0.6 is 0 Å². The second-order valence-corrected chi connectivity index (χ2v) is 5.59. The number of carbonyl (C=O) groups excluding carboxylic acids is 1. The maximum Gasteiger partial charge on any atom is 0.224 e. The van der Waals surface area contributed by atoms with E-state index < -0.39 is 0 Å². The van der Waals surface area contributed by atoms with Gasteiger partial charge in [0.25, 0.3) is 0 Å². The third-order valence-corrected chi connectivity index (χ3v) is 3.71. The highest BCUT2D eigenvalue weighted by Crippen LogP contribution is 2.23. The molecule has 0 aliphatic carbocycles. The van der Waals surface area contributed by atoms with Gasteiger partial charge in [0.1, 0.15) is 5.82 Å². The Kier molecular flexibility index (Phi) is 4.28. The Hall–Kier alpha value is -2.82. The summed E-state index contributed by atoms with van der Waals surface area (Å²) < 4.78 is 0. The Morgan fingerprint density at radius 2 is 2.00 bits per heavy atom. The van der Waals surface area contributed by atoms with Crippen molar-refractivity contribution in [1.29, 1.82) is 0 Å². The van der Waals surface area contributed by atoms with Gasteiger partial charge in [0.15, 0.2) is 0 Å². The predicted octanol–water partition coefficient (Wildman–Crippen LogP) is 3.94. The van der Waals surface area contributed by atoms with Gasteiger partial charge in [-0.25, -0.2) is 4.98 Å². The summed E-state index contributed by atoms with van der Waals surface area (Å²) in [5.74, 6) is 0.832. The van der Waals surface area contributed by atoms with Gasteiger partial charge in [0, 0.05) is 23.4 Å². The quantitative estimate of drug-likeness (QED) is 0.624. The summed E-state index contributed by atoms with van der Waals surface area (Å²) in [6.45, 7) is 2.07. The maximum absolute atomic E-state index is 11.8. The van der Waals surface area contributed by atoms with Crippen LogP contribution in [0.25, 0.3) is 22.4 Å². The van der Waals surface area contributed by atoms with Crippen LogP contribution < -0.4 is 11.1 Å². The lowest BCUT2D eigenvalue weighted by molar-refractivity contribution is -0.116. The fourth-order valence-corrected chi connectivity index (χ4v) is 2.43.